The van der Waals surface area contributed by atoms with Gasteiger partial charge in [0.15, 0.2) is 0 Å². The van der Waals surface area contributed by atoms with Gasteiger partial charge in [-0.2, -0.15) is 0 Å². The molecule has 0 spiro atoms. The summed E-state index contributed by atoms with van der Waals surface area (Å²) >= 11 is 0. The van der Waals surface area contributed by atoms with Crippen LogP contribution in [0.3, 0.4) is 0 Å². The molecule has 0 aromatic carbocycles. The summed E-state index contributed by atoms with van der Waals surface area (Å²) in [7, 11) is 3.73. The molecule has 75 valence electrons. The lowest BCUT2D eigenvalue weighted by Gasteiger charge is -2.09. The molecule has 0 aromatic rings. The van der Waals surface area contributed by atoms with Crippen LogP contribution in [-0.4, -0.2) is 48.9 Å². The highest BCUT2D eigenvalue weighted by atomic mass is 16.3. The molecule has 0 saturated carbocycles. The van der Waals surface area contributed by atoms with Gasteiger partial charge in [-0.1, -0.05) is 0 Å². The monoisotopic (exact) mass is 187 g/mol. The van der Waals surface area contributed by atoms with Crippen LogP contribution in [0, 0.1) is 6.54 Å². The second kappa shape index (κ2) is 6.56. The first-order valence-corrected chi connectivity index (χ1v) is 3.95. The Balaban J connectivity index is 3.46. The fourth-order valence-electron chi connectivity index (χ4n) is 0.639. The zero-order chi connectivity index (χ0) is 10.3. The number of hydrogen-bond donors (Lipinski definition) is 2. The highest BCUT2D eigenvalue weighted by molar-refractivity contribution is 5.80. The number of rotatable bonds is 6. The van der Waals surface area contributed by atoms with Gasteiger partial charge >= 0.3 is 0 Å². The highest BCUT2D eigenvalue weighted by Gasteiger charge is 2.08. The maximum Gasteiger partial charge on any atom is 0.223 e. The third-order valence-electron chi connectivity index (χ3n) is 1.27. The summed E-state index contributed by atoms with van der Waals surface area (Å²) in [5.74, 6) is -0.360. The van der Waals surface area contributed by atoms with Gasteiger partial charge in [-0.05, 0) is 14.1 Å². The molecule has 0 bridgehead atoms. The summed E-state index contributed by atoms with van der Waals surface area (Å²) in [6.45, 7) is 2.18. The summed E-state index contributed by atoms with van der Waals surface area (Å²) in [4.78, 5) is 22.8. The van der Waals surface area contributed by atoms with Crippen LogP contribution < -0.4 is 5.32 Å². The Morgan fingerprint density at radius 1 is 1.62 bits per heavy atom. The van der Waals surface area contributed by atoms with Crippen LogP contribution >= 0.6 is 0 Å². The summed E-state index contributed by atoms with van der Waals surface area (Å²) in [6.07, 6.45) is -1.05. The van der Waals surface area contributed by atoms with Crippen LogP contribution in [0.2, 0.25) is 0 Å². The van der Waals surface area contributed by atoms with Crippen LogP contribution in [-0.2, 0) is 9.59 Å². The third kappa shape index (κ3) is 7.42. The minimum absolute atomic E-state index is 0.187. The molecule has 0 saturated heterocycles. The van der Waals surface area contributed by atoms with Crippen molar-refractivity contribution in [1.82, 2.24) is 10.2 Å². The molecular weight excluding hydrogens is 172 g/mol. The van der Waals surface area contributed by atoms with Gasteiger partial charge in [0.05, 0.1) is 13.0 Å². The number of nitrogens with one attached hydrogen (secondary N) is 1. The first-order valence-electron chi connectivity index (χ1n) is 3.95. The molecule has 0 aliphatic rings. The van der Waals surface area contributed by atoms with Crippen molar-refractivity contribution in [2.45, 2.75) is 12.5 Å². The van der Waals surface area contributed by atoms with Gasteiger partial charge in [-0.25, -0.2) is 0 Å². The van der Waals surface area contributed by atoms with Crippen molar-refractivity contribution in [1.29, 1.82) is 0 Å². The average Bonchev–Trinajstić information content (AvgIpc) is 2.03. The van der Waals surface area contributed by atoms with E-state index in [1.54, 1.807) is 6.54 Å². The Bertz CT molecular complexity index is 171. The predicted octanol–water partition coefficient (Wildman–Crippen LogP) is -1.22. The van der Waals surface area contributed by atoms with Gasteiger partial charge in [-0.3, -0.25) is 4.79 Å². The molecule has 2 N–H and O–H groups in total. The van der Waals surface area contributed by atoms with E-state index in [1.807, 2.05) is 19.0 Å². The van der Waals surface area contributed by atoms with Gasteiger partial charge in [-0.15, -0.1) is 0 Å². The number of aldehydes is 1. The van der Waals surface area contributed by atoms with Crippen molar-refractivity contribution in [2.24, 2.45) is 0 Å². The summed E-state index contributed by atoms with van der Waals surface area (Å²) < 4.78 is 0. The zero-order valence-electron chi connectivity index (χ0n) is 7.86. The predicted molar refractivity (Wildman–Crippen MR) is 47.7 cm³/mol. The lowest BCUT2D eigenvalue weighted by atomic mass is 10.2. The number of aliphatic hydroxyl groups is 1. The number of hydrogen-bond acceptors (Lipinski definition) is 4. The summed E-state index contributed by atoms with van der Waals surface area (Å²) in [6, 6.07) is 0. The van der Waals surface area contributed by atoms with Crippen molar-refractivity contribution in [3.8, 4) is 0 Å². The minimum Gasteiger partial charge on any atom is -0.385 e. The summed E-state index contributed by atoms with van der Waals surface area (Å²) in [5, 5.41) is 11.2. The molecule has 0 aliphatic carbocycles. The highest BCUT2D eigenvalue weighted by Crippen LogP contribution is 1.87. The number of carbonyl (C=O) groups excluding carboxylic acids is 2. The second-order valence-electron chi connectivity index (χ2n) is 2.94. The smallest absolute Gasteiger partial charge is 0.223 e. The molecular formula is C8H15N2O3. The van der Waals surface area contributed by atoms with Gasteiger partial charge in [0.1, 0.15) is 12.4 Å². The Hall–Kier alpha value is -0.940. The van der Waals surface area contributed by atoms with E-state index < -0.39 is 6.10 Å². The Labute approximate surface area is 77.7 Å². The van der Waals surface area contributed by atoms with Crippen LogP contribution in [0.4, 0.5) is 0 Å². The van der Waals surface area contributed by atoms with E-state index in [4.69, 9.17) is 5.11 Å². The fraction of sp³-hybridized carbons (Fsp3) is 0.625. The number of aliphatic hydroxyl groups excluding tert-OH is 1. The molecule has 0 aromatic heterocycles. The molecule has 1 amide bonds. The number of carbonyl (C=O) groups is 2. The van der Waals surface area contributed by atoms with Crippen molar-refractivity contribution in [3.63, 3.8) is 0 Å². The molecule has 0 fully saturated rings. The van der Waals surface area contributed by atoms with Crippen molar-refractivity contribution in [3.05, 3.63) is 6.54 Å². The lowest BCUT2D eigenvalue weighted by molar-refractivity contribution is -0.126. The van der Waals surface area contributed by atoms with Crippen LogP contribution in [0.15, 0.2) is 0 Å². The number of likely N-dealkylation sites (N-methyl/N-ethyl adjacent to an activating group) is 1. The Morgan fingerprint density at radius 2 is 2.23 bits per heavy atom. The van der Waals surface area contributed by atoms with E-state index in [2.05, 4.69) is 5.32 Å². The molecule has 0 aliphatic heterocycles. The van der Waals surface area contributed by atoms with Gasteiger partial charge in [0.25, 0.3) is 0 Å². The van der Waals surface area contributed by atoms with Gasteiger partial charge in [0, 0.05) is 6.54 Å². The molecule has 0 rings (SSSR count). The van der Waals surface area contributed by atoms with Crippen molar-refractivity contribution >= 4 is 12.2 Å². The maximum atomic E-state index is 10.9. The first-order chi connectivity index (χ1) is 6.06. The molecule has 5 heteroatoms. The van der Waals surface area contributed by atoms with E-state index in [1.165, 1.54) is 0 Å². The average molecular weight is 187 g/mol. The maximum absolute atomic E-state index is 10.9. The fourth-order valence-corrected chi connectivity index (χ4v) is 0.639. The van der Waals surface area contributed by atoms with E-state index in [-0.39, 0.29) is 12.3 Å². The van der Waals surface area contributed by atoms with Crippen LogP contribution in [0.25, 0.3) is 0 Å². The minimum atomic E-state index is -1.20. The molecule has 5 nitrogen and oxygen atoms in total. The zero-order valence-corrected chi connectivity index (χ0v) is 7.86. The van der Waals surface area contributed by atoms with Gasteiger partial charge in [0.2, 0.25) is 5.91 Å². The second-order valence-corrected chi connectivity index (χ2v) is 2.94. The summed E-state index contributed by atoms with van der Waals surface area (Å²) in [5.41, 5.74) is 0. The molecule has 0 heterocycles. The largest absolute Gasteiger partial charge is 0.385 e. The van der Waals surface area contributed by atoms with E-state index in [0.717, 1.165) is 0 Å². The Kier molecular flexibility index (Phi) is 6.09. The topological polar surface area (TPSA) is 69.6 Å². The quantitative estimate of drug-likeness (QED) is 0.511. The number of nitrogens with zero attached hydrogens (tertiary/aromatic N) is 1. The SMILES string of the molecule is CN(C)C[CH]NC(=O)CC(O)C=O. The molecule has 13 heavy (non-hydrogen) atoms. The number of amides is 1. The van der Waals surface area contributed by atoms with Crippen molar-refractivity contribution < 1.29 is 14.7 Å². The first kappa shape index (κ1) is 12.1. The normalized spacial score (nSPS) is 12.6. The van der Waals surface area contributed by atoms with Gasteiger partial charge < -0.3 is 20.1 Å². The molecule has 1 atom stereocenters. The van der Waals surface area contributed by atoms with Crippen molar-refractivity contribution in [2.75, 3.05) is 20.6 Å². The standard InChI is InChI=1S/C8H15N2O3/c1-10(2)4-3-9-8(13)5-7(12)6-11/h3,6-7,12H,4-5H2,1-2H3,(H,9,13). The Morgan fingerprint density at radius 3 is 2.69 bits per heavy atom. The van der Waals surface area contributed by atoms with E-state index >= 15 is 0 Å². The van der Waals surface area contributed by atoms with E-state index in [0.29, 0.717) is 12.8 Å². The van der Waals surface area contributed by atoms with Crippen LogP contribution in [0.5, 0.6) is 0 Å². The molecule has 1 unspecified atom stereocenters. The lowest BCUT2D eigenvalue weighted by Crippen LogP contribution is -2.29. The van der Waals surface area contributed by atoms with Crippen LogP contribution in [0.1, 0.15) is 6.42 Å². The molecule has 1 radical (unpaired) electrons. The third-order valence-corrected chi connectivity index (χ3v) is 1.27. The van der Waals surface area contributed by atoms with E-state index in [9.17, 15) is 9.59 Å².